The fourth-order valence-corrected chi connectivity index (χ4v) is 3.66. The topological polar surface area (TPSA) is 78.3 Å². The SMILES string of the molecule is Cc1cc(N2C=NC(C(F)(F)F)O2)cc(C)c1OCCCc1ccc(C2(C)OCCO2)nn1. The maximum atomic E-state index is 12.8. The molecule has 0 spiro atoms. The van der Waals surface area contributed by atoms with E-state index in [1.807, 2.05) is 32.9 Å². The third-order valence-electron chi connectivity index (χ3n) is 5.35. The van der Waals surface area contributed by atoms with Crippen molar-refractivity contribution in [3.63, 3.8) is 0 Å². The lowest BCUT2D eigenvalue weighted by atomic mass is 10.1. The van der Waals surface area contributed by atoms with Crippen LogP contribution in [0, 0.1) is 13.8 Å². The van der Waals surface area contributed by atoms with Crippen LogP contribution in [0.25, 0.3) is 0 Å². The highest BCUT2D eigenvalue weighted by atomic mass is 19.4. The number of hydrogen-bond donors (Lipinski definition) is 0. The summed E-state index contributed by atoms with van der Waals surface area (Å²) in [6.07, 6.45) is -4.32. The number of aromatic nitrogens is 2. The molecule has 1 fully saturated rings. The van der Waals surface area contributed by atoms with Gasteiger partial charge in [0.15, 0.2) is 0 Å². The van der Waals surface area contributed by atoms with Crippen LogP contribution in [0.4, 0.5) is 18.9 Å². The van der Waals surface area contributed by atoms with Gasteiger partial charge in [-0.25, -0.2) is 14.9 Å². The van der Waals surface area contributed by atoms with Crippen LogP contribution >= 0.6 is 0 Å². The zero-order chi connectivity index (χ0) is 23.6. The van der Waals surface area contributed by atoms with Gasteiger partial charge in [-0.3, -0.25) is 0 Å². The number of rotatable bonds is 7. The van der Waals surface area contributed by atoms with E-state index in [2.05, 4.69) is 15.2 Å². The van der Waals surface area contributed by atoms with Gasteiger partial charge in [-0.1, -0.05) is 0 Å². The molecule has 1 atom stereocenters. The number of hydroxylamine groups is 1. The number of hydrogen-bond acceptors (Lipinski definition) is 8. The number of ether oxygens (including phenoxy) is 3. The zero-order valence-electron chi connectivity index (χ0n) is 18.6. The average molecular weight is 466 g/mol. The molecule has 2 aliphatic heterocycles. The highest BCUT2D eigenvalue weighted by Gasteiger charge is 2.45. The number of alkyl halides is 3. The van der Waals surface area contributed by atoms with E-state index in [1.165, 1.54) is 0 Å². The van der Waals surface area contributed by atoms with Crippen molar-refractivity contribution in [3.05, 3.63) is 46.8 Å². The predicted octanol–water partition coefficient (Wildman–Crippen LogP) is 3.99. The fraction of sp³-hybridized carbons (Fsp3) is 0.500. The van der Waals surface area contributed by atoms with Crippen molar-refractivity contribution in [3.8, 4) is 5.75 Å². The van der Waals surface area contributed by atoms with Gasteiger partial charge in [-0.15, -0.1) is 5.10 Å². The second-order valence-electron chi connectivity index (χ2n) is 8.00. The van der Waals surface area contributed by atoms with Gasteiger partial charge in [0.2, 0.25) is 5.79 Å². The average Bonchev–Trinajstić information content (AvgIpc) is 3.43. The quantitative estimate of drug-likeness (QED) is 0.571. The van der Waals surface area contributed by atoms with E-state index in [4.69, 9.17) is 19.0 Å². The molecule has 1 unspecified atom stereocenters. The van der Waals surface area contributed by atoms with Crippen molar-refractivity contribution in [2.75, 3.05) is 24.9 Å². The third kappa shape index (κ3) is 5.26. The first kappa shape index (κ1) is 23.4. The molecular weight excluding hydrogens is 441 g/mol. The maximum Gasteiger partial charge on any atom is 0.437 e. The van der Waals surface area contributed by atoms with Crippen LogP contribution in [0.1, 0.15) is 35.9 Å². The Morgan fingerprint density at radius 2 is 1.82 bits per heavy atom. The lowest BCUT2D eigenvalue weighted by molar-refractivity contribution is -0.210. The monoisotopic (exact) mass is 466 g/mol. The number of nitrogens with zero attached hydrogens (tertiary/aromatic N) is 4. The minimum atomic E-state index is -4.56. The summed E-state index contributed by atoms with van der Waals surface area (Å²) in [5.41, 5.74) is 3.49. The second-order valence-corrected chi connectivity index (χ2v) is 8.00. The molecular formula is C22H25F3N4O4. The molecule has 2 aromatic rings. The standard InChI is InChI=1S/C22H25F3N4O4/c1-14-11-17(29-13-26-20(33-29)22(23,24)25)12-15(2)19(14)30-8-4-5-16-6-7-18(28-27-16)21(3)31-9-10-32-21/h6-7,11-13,20H,4-5,8-10H2,1-3H3. The van der Waals surface area contributed by atoms with Gasteiger partial charge in [0, 0.05) is 0 Å². The number of aryl methyl sites for hydroxylation is 3. The van der Waals surface area contributed by atoms with Crippen LogP contribution in [-0.2, 0) is 26.5 Å². The zero-order valence-corrected chi connectivity index (χ0v) is 18.6. The van der Waals surface area contributed by atoms with Gasteiger partial charge in [0.1, 0.15) is 17.8 Å². The van der Waals surface area contributed by atoms with Gasteiger partial charge in [0.25, 0.3) is 6.23 Å². The van der Waals surface area contributed by atoms with E-state index in [9.17, 15) is 13.2 Å². The Morgan fingerprint density at radius 1 is 1.12 bits per heavy atom. The van der Waals surface area contributed by atoms with Gasteiger partial charge < -0.3 is 14.2 Å². The molecule has 0 aliphatic carbocycles. The van der Waals surface area contributed by atoms with Crippen molar-refractivity contribution in [1.82, 2.24) is 10.2 Å². The highest BCUT2D eigenvalue weighted by molar-refractivity contribution is 5.79. The van der Waals surface area contributed by atoms with Gasteiger partial charge in [0.05, 0.1) is 31.2 Å². The first-order chi connectivity index (χ1) is 15.7. The van der Waals surface area contributed by atoms with E-state index >= 15 is 0 Å². The minimum Gasteiger partial charge on any atom is -0.493 e. The lowest BCUT2D eigenvalue weighted by Gasteiger charge is -2.20. The molecule has 0 N–H and O–H groups in total. The fourth-order valence-electron chi connectivity index (χ4n) is 3.66. The molecule has 3 heterocycles. The van der Waals surface area contributed by atoms with E-state index in [0.717, 1.165) is 28.2 Å². The number of anilines is 1. The number of aliphatic imine (C=N–C) groups is 1. The molecule has 4 rings (SSSR count). The Kier molecular flexibility index (Phi) is 6.55. The normalized spacial score (nSPS) is 19.9. The Balaban J connectivity index is 1.30. The van der Waals surface area contributed by atoms with Crippen molar-refractivity contribution in [2.45, 2.75) is 51.8 Å². The van der Waals surface area contributed by atoms with Crippen LogP contribution in [0.5, 0.6) is 5.75 Å². The lowest BCUT2D eigenvalue weighted by Crippen LogP contribution is -2.31. The first-order valence-corrected chi connectivity index (χ1v) is 10.6. The summed E-state index contributed by atoms with van der Waals surface area (Å²) in [6, 6.07) is 7.15. The summed E-state index contributed by atoms with van der Waals surface area (Å²) in [7, 11) is 0. The Bertz CT molecular complexity index is 985. The van der Waals surface area contributed by atoms with Crippen LogP contribution < -0.4 is 9.80 Å². The molecule has 178 valence electrons. The molecule has 0 saturated carbocycles. The molecule has 2 aliphatic rings. The molecule has 0 radical (unpaired) electrons. The summed E-state index contributed by atoms with van der Waals surface area (Å²) in [6.45, 7) is 7.00. The summed E-state index contributed by atoms with van der Waals surface area (Å²) in [4.78, 5) is 8.24. The molecule has 1 aromatic heterocycles. The predicted molar refractivity (Wildman–Crippen MR) is 113 cm³/mol. The van der Waals surface area contributed by atoms with Crippen molar-refractivity contribution in [1.29, 1.82) is 0 Å². The van der Waals surface area contributed by atoms with Crippen molar-refractivity contribution >= 4 is 12.0 Å². The van der Waals surface area contributed by atoms with Crippen LogP contribution in [0.2, 0.25) is 0 Å². The van der Waals surface area contributed by atoms with E-state index in [1.54, 1.807) is 12.1 Å². The Hall–Kier alpha value is -2.76. The Labute approximate surface area is 189 Å². The van der Waals surface area contributed by atoms with Gasteiger partial charge >= 0.3 is 6.18 Å². The summed E-state index contributed by atoms with van der Waals surface area (Å²) in [5.74, 6) is -0.151. The molecule has 1 aromatic carbocycles. The molecule has 0 amide bonds. The molecule has 0 bridgehead atoms. The molecule has 1 saturated heterocycles. The van der Waals surface area contributed by atoms with Gasteiger partial charge in [-0.05, 0) is 69.0 Å². The van der Waals surface area contributed by atoms with Crippen LogP contribution in [-0.4, -0.2) is 48.8 Å². The third-order valence-corrected chi connectivity index (χ3v) is 5.35. The summed E-state index contributed by atoms with van der Waals surface area (Å²) in [5, 5.41) is 9.50. The largest absolute Gasteiger partial charge is 0.493 e. The van der Waals surface area contributed by atoms with E-state index in [-0.39, 0.29) is 0 Å². The number of halogens is 3. The summed E-state index contributed by atoms with van der Waals surface area (Å²) >= 11 is 0. The molecule has 11 heteroatoms. The Morgan fingerprint density at radius 3 is 2.39 bits per heavy atom. The summed E-state index contributed by atoms with van der Waals surface area (Å²) < 4.78 is 55.4. The van der Waals surface area contributed by atoms with E-state index in [0.29, 0.717) is 49.8 Å². The smallest absolute Gasteiger partial charge is 0.437 e. The highest BCUT2D eigenvalue weighted by Crippen LogP contribution is 2.33. The maximum absolute atomic E-state index is 12.8. The van der Waals surface area contributed by atoms with Crippen LogP contribution in [0.15, 0.2) is 29.3 Å². The van der Waals surface area contributed by atoms with Gasteiger partial charge in [-0.2, -0.15) is 18.3 Å². The van der Waals surface area contributed by atoms with Crippen LogP contribution in [0.3, 0.4) is 0 Å². The van der Waals surface area contributed by atoms with E-state index < -0.39 is 18.2 Å². The first-order valence-electron chi connectivity index (χ1n) is 10.6. The molecule has 8 nitrogen and oxygen atoms in total. The van der Waals surface area contributed by atoms with Crippen molar-refractivity contribution in [2.24, 2.45) is 4.99 Å². The minimum absolute atomic E-state index is 0.451. The number of benzene rings is 1. The molecule has 33 heavy (non-hydrogen) atoms. The second kappa shape index (κ2) is 9.24. The van der Waals surface area contributed by atoms with Crippen molar-refractivity contribution < 1.29 is 32.2 Å².